The Labute approximate surface area is 200 Å². The first-order valence-electron chi connectivity index (χ1n) is 11.2. The monoisotopic (exact) mass is 476 g/mol. The number of hydrogen-bond acceptors (Lipinski definition) is 9. The van der Waals surface area contributed by atoms with E-state index in [2.05, 4.69) is 47.2 Å². The maximum absolute atomic E-state index is 11.7. The van der Waals surface area contributed by atoms with Crippen molar-refractivity contribution in [1.29, 1.82) is 0 Å². The van der Waals surface area contributed by atoms with Crippen molar-refractivity contribution >= 4 is 34.9 Å². The van der Waals surface area contributed by atoms with Crippen LogP contribution in [-0.2, 0) is 11.3 Å². The number of carbonyl (C=O) groups excluding carboxylic acids is 2. The standard InChI is InChI=1S/C23H24N8O2S/c32-21-19(34-23(33)30-21)12-17-7-10-25-22(29-17)28-16-5-3-15(4-6-16)26-13-14-2-1-9-24-20(14)18-8-11-27-31-18/h1-2,7-12,15-16,26H,3-6,13H2,(H,27,31)(H,25,28,29)(H,30,32,33)/t15-,16-. The SMILES string of the molecule is O=C1NC(=O)C(=Cc2ccnc(N[C@H]3CC[C@H](NCc4cccnc4-c4ccn[nH]4)CC3)n2)S1. The molecule has 0 spiro atoms. The number of nitrogens with one attached hydrogen (secondary N) is 4. The second-order valence-electron chi connectivity index (χ2n) is 8.21. The van der Waals surface area contributed by atoms with E-state index in [-0.39, 0.29) is 11.3 Å². The Morgan fingerprint density at radius 3 is 2.65 bits per heavy atom. The number of pyridine rings is 1. The third-order valence-electron chi connectivity index (χ3n) is 5.89. The van der Waals surface area contributed by atoms with Gasteiger partial charge in [0.25, 0.3) is 11.1 Å². The van der Waals surface area contributed by atoms with Crippen molar-refractivity contribution in [1.82, 2.24) is 35.8 Å². The van der Waals surface area contributed by atoms with E-state index in [0.717, 1.165) is 60.9 Å². The molecule has 3 aromatic heterocycles. The lowest BCUT2D eigenvalue weighted by molar-refractivity contribution is -0.115. The molecular weight excluding hydrogens is 452 g/mol. The Balaban J connectivity index is 1.13. The predicted molar refractivity (Wildman–Crippen MR) is 129 cm³/mol. The molecule has 1 aliphatic heterocycles. The van der Waals surface area contributed by atoms with Crippen molar-refractivity contribution in [2.45, 2.75) is 44.3 Å². The Hall–Kier alpha value is -3.57. The second kappa shape index (κ2) is 10.1. The Morgan fingerprint density at radius 1 is 1.03 bits per heavy atom. The van der Waals surface area contributed by atoms with Gasteiger partial charge in [-0.05, 0) is 67.3 Å². The van der Waals surface area contributed by atoms with Gasteiger partial charge >= 0.3 is 0 Å². The number of carbonyl (C=O) groups is 2. The minimum absolute atomic E-state index is 0.283. The summed E-state index contributed by atoms with van der Waals surface area (Å²) in [5.74, 6) is 0.136. The summed E-state index contributed by atoms with van der Waals surface area (Å²) in [6.07, 6.45) is 10.9. The molecule has 1 saturated heterocycles. The van der Waals surface area contributed by atoms with Crippen molar-refractivity contribution in [2.75, 3.05) is 5.32 Å². The second-order valence-corrected chi connectivity index (χ2v) is 9.23. The van der Waals surface area contributed by atoms with Gasteiger partial charge in [0.1, 0.15) is 0 Å². The van der Waals surface area contributed by atoms with Gasteiger partial charge in [0.15, 0.2) is 0 Å². The van der Waals surface area contributed by atoms with Gasteiger partial charge in [-0.15, -0.1) is 0 Å². The highest BCUT2D eigenvalue weighted by Gasteiger charge is 2.25. The van der Waals surface area contributed by atoms with Crippen LogP contribution in [0.15, 0.2) is 47.8 Å². The van der Waals surface area contributed by atoms with Crippen LogP contribution in [0.25, 0.3) is 17.5 Å². The minimum Gasteiger partial charge on any atom is -0.351 e. The molecule has 0 atom stereocenters. The van der Waals surface area contributed by atoms with Crippen LogP contribution in [0.1, 0.15) is 36.9 Å². The molecule has 5 rings (SSSR count). The van der Waals surface area contributed by atoms with Gasteiger partial charge in [-0.3, -0.25) is 25.0 Å². The van der Waals surface area contributed by atoms with Crippen LogP contribution in [-0.4, -0.2) is 48.4 Å². The number of H-pyrrole nitrogens is 1. The van der Waals surface area contributed by atoms with E-state index < -0.39 is 5.91 Å². The fourth-order valence-electron chi connectivity index (χ4n) is 4.17. The van der Waals surface area contributed by atoms with Gasteiger partial charge in [-0.25, -0.2) is 9.97 Å². The number of rotatable bonds is 7. The number of anilines is 1. The summed E-state index contributed by atoms with van der Waals surface area (Å²) in [6, 6.07) is 8.40. The van der Waals surface area contributed by atoms with Crippen LogP contribution in [0.4, 0.5) is 10.7 Å². The number of amides is 2. The summed E-state index contributed by atoms with van der Waals surface area (Å²) >= 11 is 0.878. The topological polar surface area (TPSA) is 138 Å². The van der Waals surface area contributed by atoms with Crippen molar-refractivity contribution in [3.8, 4) is 11.4 Å². The van der Waals surface area contributed by atoms with Crippen molar-refractivity contribution in [3.63, 3.8) is 0 Å². The average molecular weight is 477 g/mol. The van der Waals surface area contributed by atoms with Gasteiger partial charge < -0.3 is 10.6 Å². The van der Waals surface area contributed by atoms with Crippen LogP contribution >= 0.6 is 11.8 Å². The minimum atomic E-state index is -0.392. The molecule has 11 heteroatoms. The summed E-state index contributed by atoms with van der Waals surface area (Å²) < 4.78 is 0. The number of nitrogens with zero attached hydrogens (tertiary/aromatic N) is 4. The van der Waals surface area contributed by atoms with Gasteiger partial charge in [0.2, 0.25) is 5.95 Å². The third kappa shape index (κ3) is 5.32. The van der Waals surface area contributed by atoms with Crippen LogP contribution in [0.5, 0.6) is 0 Å². The predicted octanol–water partition coefficient (Wildman–Crippen LogP) is 3.10. The van der Waals surface area contributed by atoms with E-state index in [0.29, 0.717) is 22.6 Å². The first kappa shape index (κ1) is 22.2. The number of imide groups is 1. The first-order chi connectivity index (χ1) is 16.6. The van der Waals surface area contributed by atoms with E-state index in [9.17, 15) is 9.59 Å². The molecule has 0 unspecified atom stereocenters. The molecule has 1 aliphatic carbocycles. The third-order valence-corrected chi connectivity index (χ3v) is 6.70. The summed E-state index contributed by atoms with van der Waals surface area (Å²) in [6.45, 7) is 0.749. The van der Waals surface area contributed by atoms with E-state index in [4.69, 9.17) is 0 Å². The van der Waals surface area contributed by atoms with E-state index in [1.54, 1.807) is 30.7 Å². The molecular formula is C23H24N8O2S. The molecule has 10 nitrogen and oxygen atoms in total. The maximum atomic E-state index is 11.7. The first-order valence-corrected chi connectivity index (χ1v) is 12.0. The lowest BCUT2D eigenvalue weighted by Crippen LogP contribution is -2.37. The normalized spacial score (nSPS) is 21.6. The molecule has 4 heterocycles. The molecule has 174 valence electrons. The zero-order valence-corrected chi connectivity index (χ0v) is 19.1. The van der Waals surface area contributed by atoms with Crippen LogP contribution in [0.2, 0.25) is 0 Å². The quantitative estimate of drug-likeness (QED) is 0.379. The largest absolute Gasteiger partial charge is 0.351 e. The van der Waals surface area contributed by atoms with Crippen molar-refractivity contribution < 1.29 is 9.59 Å². The molecule has 1 saturated carbocycles. The fraction of sp³-hybridized carbons (Fsp3) is 0.304. The zero-order valence-electron chi connectivity index (χ0n) is 18.3. The number of hydrogen-bond donors (Lipinski definition) is 4. The van der Waals surface area contributed by atoms with Crippen LogP contribution in [0.3, 0.4) is 0 Å². The Morgan fingerprint density at radius 2 is 1.88 bits per heavy atom. The molecule has 2 aliphatic rings. The summed E-state index contributed by atoms with van der Waals surface area (Å²) in [4.78, 5) is 36.7. The van der Waals surface area contributed by atoms with Gasteiger partial charge in [-0.1, -0.05) is 6.07 Å². The molecule has 2 fully saturated rings. The highest BCUT2D eigenvalue weighted by Crippen LogP contribution is 2.26. The smallest absolute Gasteiger partial charge is 0.290 e. The molecule has 2 amide bonds. The van der Waals surface area contributed by atoms with E-state index in [1.165, 1.54) is 0 Å². The zero-order chi connectivity index (χ0) is 23.3. The Bertz CT molecular complexity index is 1210. The fourth-order valence-corrected chi connectivity index (χ4v) is 4.84. The summed E-state index contributed by atoms with van der Waals surface area (Å²) in [7, 11) is 0. The highest BCUT2D eigenvalue weighted by atomic mass is 32.2. The lowest BCUT2D eigenvalue weighted by Gasteiger charge is -2.30. The Kier molecular flexibility index (Phi) is 6.63. The van der Waals surface area contributed by atoms with E-state index in [1.807, 2.05) is 12.1 Å². The number of thioether (sulfide) groups is 1. The summed E-state index contributed by atoms with van der Waals surface area (Å²) in [5, 5.41) is 16.0. The van der Waals surface area contributed by atoms with Gasteiger partial charge in [0, 0.05) is 37.2 Å². The highest BCUT2D eigenvalue weighted by molar-refractivity contribution is 8.18. The van der Waals surface area contributed by atoms with Gasteiger partial charge in [0.05, 0.1) is 22.0 Å². The molecule has 34 heavy (non-hydrogen) atoms. The summed E-state index contributed by atoms with van der Waals surface area (Å²) in [5.41, 5.74) is 3.57. The van der Waals surface area contributed by atoms with E-state index >= 15 is 0 Å². The van der Waals surface area contributed by atoms with Crippen LogP contribution in [0, 0.1) is 0 Å². The number of aromatic amines is 1. The molecule has 0 aromatic carbocycles. The van der Waals surface area contributed by atoms with Gasteiger partial charge in [-0.2, -0.15) is 5.10 Å². The molecule has 0 radical (unpaired) electrons. The lowest BCUT2D eigenvalue weighted by atomic mass is 9.91. The molecule has 0 bridgehead atoms. The van der Waals surface area contributed by atoms with Crippen LogP contribution < -0.4 is 16.0 Å². The molecule has 3 aromatic rings. The average Bonchev–Trinajstić information content (AvgIpc) is 3.49. The maximum Gasteiger partial charge on any atom is 0.290 e. The van der Waals surface area contributed by atoms with Crippen molar-refractivity contribution in [2.24, 2.45) is 0 Å². The van der Waals surface area contributed by atoms with Crippen molar-refractivity contribution in [3.05, 3.63) is 59.0 Å². The number of aromatic nitrogens is 5. The molecule has 4 N–H and O–H groups in total.